The maximum atomic E-state index is 12.4. The van der Waals surface area contributed by atoms with Crippen molar-refractivity contribution in [3.05, 3.63) is 114 Å². The van der Waals surface area contributed by atoms with E-state index < -0.39 is 49.3 Å². The largest absolute Gasteiger partial charge is 0.423 e. The summed E-state index contributed by atoms with van der Waals surface area (Å²) in [6.45, 7) is 0. The van der Waals surface area contributed by atoms with Crippen molar-refractivity contribution < 1.29 is 29.1 Å². The van der Waals surface area contributed by atoms with Crippen LogP contribution < -0.4 is 10.2 Å². The molecule has 0 saturated heterocycles. The number of nitrogens with one attached hydrogen (secondary N) is 1. The molecule has 14 nitrogen and oxygen atoms in total. The number of nitro groups is 3. The lowest BCUT2D eigenvalue weighted by molar-refractivity contribution is -0.394. The summed E-state index contributed by atoms with van der Waals surface area (Å²) >= 11 is 0. The lowest BCUT2D eigenvalue weighted by Crippen LogP contribution is -2.18. The lowest BCUT2D eigenvalue weighted by Gasteiger charge is -2.05. The van der Waals surface area contributed by atoms with Crippen molar-refractivity contribution in [1.82, 2.24) is 5.43 Å². The normalized spacial score (nSPS) is 10.5. The van der Waals surface area contributed by atoms with Gasteiger partial charge in [0, 0.05) is 18.2 Å². The Labute approximate surface area is 194 Å². The van der Waals surface area contributed by atoms with Crippen LogP contribution in [0.4, 0.5) is 17.1 Å². The summed E-state index contributed by atoms with van der Waals surface area (Å²) in [6.07, 6.45) is 1.18. The molecule has 0 aliphatic rings. The van der Waals surface area contributed by atoms with Crippen LogP contribution in [0.5, 0.6) is 5.75 Å². The predicted molar refractivity (Wildman–Crippen MR) is 119 cm³/mol. The highest BCUT2D eigenvalue weighted by molar-refractivity contribution is 5.98. The van der Waals surface area contributed by atoms with Crippen LogP contribution in [-0.2, 0) is 0 Å². The highest BCUT2D eigenvalue weighted by Crippen LogP contribution is 2.24. The topological polar surface area (TPSA) is 197 Å². The predicted octanol–water partition coefficient (Wildman–Crippen LogP) is 3.39. The molecule has 35 heavy (non-hydrogen) atoms. The van der Waals surface area contributed by atoms with Crippen LogP contribution in [0.2, 0.25) is 0 Å². The molecule has 0 spiro atoms. The third kappa shape index (κ3) is 6.04. The minimum atomic E-state index is -1.07. The van der Waals surface area contributed by atoms with Gasteiger partial charge in [-0.15, -0.1) is 0 Å². The smallest absolute Gasteiger partial charge is 0.344 e. The van der Waals surface area contributed by atoms with Crippen molar-refractivity contribution in [2.45, 2.75) is 0 Å². The van der Waals surface area contributed by atoms with E-state index in [1.165, 1.54) is 54.7 Å². The number of nitrogens with zero attached hydrogens (tertiary/aromatic N) is 4. The number of para-hydroxylation sites is 1. The summed E-state index contributed by atoms with van der Waals surface area (Å²) in [4.78, 5) is 55.2. The van der Waals surface area contributed by atoms with E-state index in [2.05, 4.69) is 10.5 Å². The molecule has 0 aliphatic heterocycles. The average Bonchev–Trinajstić information content (AvgIpc) is 2.83. The summed E-state index contributed by atoms with van der Waals surface area (Å²) in [5.74, 6) is -1.91. The molecule has 3 aromatic carbocycles. The van der Waals surface area contributed by atoms with Crippen LogP contribution in [0.3, 0.4) is 0 Å². The van der Waals surface area contributed by atoms with Gasteiger partial charge in [0.25, 0.3) is 23.0 Å². The Kier molecular flexibility index (Phi) is 7.16. The van der Waals surface area contributed by atoms with E-state index in [4.69, 9.17) is 4.74 Å². The fourth-order valence-corrected chi connectivity index (χ4v) is 2.80. The molecule has 0 radical (unpaired) electrons. The van der Waals surface area contributed by atoms with Gasteiger partial charge in [0.2, 0.25) is 0 Å². The van der Waals surface area contributed by atoms with E-state index in [0.717, 1.165) is 12.1 Å². The molecule has 0 fully saturated rings. The van der Waals surface area contributed by atoms with Gasteiger partial charge in [-0.3, -0.25) is 35.1 Å². The number of carbonyl (C=O) groups excluding carboxylic acids is 2. The Bertz CT molecular complexity index is 1350. The first-order chi connectivity index (χ1) is 16.7. The van der Waals surface area contributed by atoms with Crippen molar-refractivity contribution >= 4 is 35.2 Å². The number of esters is 1. The second-order valence-electron chi connectivity index (χ2n) is 6.69. The van der Waals surface area contributed by atoms with Gasteiger partial charge in [-0.1, -0.05) is 24.3 Å². The molecule has 0 heterocycles. The second kappa shape index (κ2) is 10.4. The Morgan fingerprint density at radius 2 is 1.49 bits per heavy atom. The molecule has 1 amide bonds. The van der Waals surface area contributed by atoms with E-state index in [-0.39, 0.29) is 11.3 Å². The van der Waals surface area contributed by atoms with Gasteiger partial charge < -0.3 is 4.74 Å². The monoisotopic (exact) mass is 479 g/mol. The average molecular weight is 479 g/mol. The van der Waals surface area contributed by atoms with Crippen LogP contribution in [-0.4, -0.2) is 32.9 Å². The number of amides is 1. The molecular formula is C21H13N5O9. The number of ether oxygens (including phenoxy) is 1. The number of benzene rings is 3. The molecular weight excluding hydrogens is 466 g/mol. The van der Waals surface area contributed by atoms with Gasteiger partial charge in [-0.2, -0.15) is 5.10 Å². The van der Waals surface area contributed by atoms with E-state index in [1.807, 2.05) is 0 Å². The first-order valence-electron chi connectivity index (χ1n) is 9.48. The van der Waals surface area contributed by atoms with Gasteiger partial charge >= 0.3 is 5.97 Å². The standard InChI is InChI=1S/C21H13N5O9/c27-20(18-6-1-2-7-19(18)26(33)34)23-22-12-13-4-3-5-17(8-13)35-21(28)14-9-15(24(29)30)11-16(10-14)25(31)32/h1-12H,(H,23,27). The molecule has 14 heteroatoms. The van der Waals surface area contributed by atoms with E-state index >= 15 is 0 Å². The van der Waals surface area contributed by atoms with Crippen molar-refractivity contribution in [1.29, 1.82) is 0 Å². The molecule has 0 aromatic heterocycles. The molecule has 0 saturated carbocycles. The summed E-state index contributed by atoms with van der Waals surface area (Å²) in [5.41, 5.74) is 0.215. The third-order valence-corrected chi connectivity index (χ3v) is 4.35. The summed E-state index contributed by atoms with van der Waals surface area (Å²) in [6, 6.07) is 13.4. The van der Waals surface area contributed by atoms with Gasteiger partial charge in [-0.05, 0) is 23.8 Å². The fraction of sp³-hybridized carbons (Fsp3) is 0. The Hall–Kier alpha value is -5.53. The number of carbonyl (C=O) groups is 2. The maximum absolute atomic E-state index is 12.4. The Balaban J connectivity index is 1.73. The van der Waals surface area contributed by atoms with E-state index in [0.29, 0.717) is 11.6 Å². The molecule has 0 bridgehead atoms. The van der Waals surface area contributed by atoms with Crippen molar-refractivity contribution in [2.75, 3.05) is 0 Å². The number of nitro benzene ring substituents is 3. The number of non-ortho nitro benzene ring substituents is 2. The number of rotatable bonds is 8. The minimum Gasteiger partial charge on any atom is -0.423 e. The first-order valence-corrected chi connectivity index (χ1v) is 9.48. The van der Waals surface area contributed by atoms with Crippen LogP contribution in [0.25, 0.3) is 0 Å². The van der Waals surface area contributed by atoms with Crippen molar-refractivity contribution in [3.63, 3.8) is 0 Å². The summed E-state index contributed by atoms with van der Waals surface area (Å²) in [5, 5.41) is 36.7. The summed E-state index contributed by atoms with van der Waals surface area (Å²) in [7, 11) is 0. The molecule has 176 valence electrons. The van der Waals surface area contributed by atoms with Gasteiger partial charge in [-0.25, -0.2) is 10.2 Å². The minimum absolute atomic E-state index is 0.0156. The van der Waals surface area contributed by atoms with Crippen molar-refractivity contribution in [3.8, 4) is 5.75 Å². The van der Waals surface area contributed by atoms with E-state index in [9.17, 15) is 39.9 Å². The van der Waals surface area contributed by atoms with Crippen LogP contribution >= 0.6 is 0 Å². The highest BCUT2D eigenvalue weighted by Gasteiger charge is 2.21. The first kappa shape index (κ1) is 24.1. The van der Waals surface area contributed by atoms with Crippen LogP contribution in [0.1, 0.15) is 26.3 Å². The summed E-state index contributed by atoms with van der Waals surface area (Å²) < 4.78 is 5.14. The lowest BCUT2D eigenvalue weighted by atomic mass is 10.1. The quantitative estimate of drug-likeness (QED) is 0.165. The SMILES string of the molecule is O=C(Oc1cccc(C=NNC(=O)c2ccccc2[N+](=O)[O-])c1)c1cc([N+](=O)[O-])cc([N+](=O)[O-])c1. The number of hydrogen-bond donors (Lipinski definition) is 1. The van der Waals surface area contributed by atoms with E-state index in [1.54, 1.807) is 0 Å². The van der Waals surface area contributed by atoms with Gasteiger partial charge in [0.05, 0.1) is 32.6 Å². The molecule has 3 rings (SSSR count). The zero-order chi connectivity index (χ0) is 25.5. The molecule has 1 N–H and O–H groups in total. The van der Waals surface area contributed by atoms with Crippen LogP contribution in [0.15, 0.2) is 71.8 Å². The highest BCUT2D eigenvalue weighted by atomic mass is 16.6. The molecule has 3 aromatic rings. The maximum Gasteiger partial charge on any atom is 0.344 e. The number of hydrogen-bond acceptors (Lipinski definition) is 10. The second-order valence-corrected chi connectivity index (χ2v) is 6.69. The van der Waals surface area contributed by atoms with Gasteiger partial charge in [0.15, 0.2) is 0 Å². The Morgan fingerprint density at radius 1 is 0.829 bits per heavy atom. The molecule has 0 unspecified atom stereocenters. The number of hydrazone groups is 1. The zero-order valence-electron chi connectivity index (χ0n) is 17.4. The molecule has 0 atom stereocenters. The Morgan fingerprint density at radius 3 is 2.11 bits per heavy atom. The zero-order valence-corrected chi connectivity index (χ0v) is 17.4. The van der Waals surface area contributed by atoms with Gasteiger partial charge in [0.1, 0.15) is 11.3 Å². The van der Waals surface area contributed by atoms with Crippen LogP contribution in [0, 0.1) is 30.3 Å². The molecule has 0 aliphatic carbocycles. The third-order valence-electron chi connectivity index (χ3n) is 4.35. The fourth-order valence-electron chi connectivity index (χ4n) is 2.80. The van der Waals surface area contributed by atoms with Crippen molar-refractivity contribution in [2.24, 2.45) is 5.10 Å².